The molecule has 2 aromatic rings. The summed E-state index contributed by atoms with van der Waals surface area (Å²) in [7, 11) is 2.02. The summed E-state index contributed by atoms with van der Waals surface area (Å²) in [6, 6.07) is 15.6. The Labute approximate surface area is 122 Å². The Kier molecular flexibility index (Phi) is 5.11. The second kappa shape index (κ2) is 6.83. The van der Waals surface area contributed by atoms with Crippen molar-refractivity contribution in [2.75, 3.05) is 13.6 Å². The molecule has 0 amide bonds. The van der Waals surface area contributed by atoms with Crippen LogP contribution in [0.2, 0.25) is 0 Å². The molecule has 0 saturated carbocycles. The van der Waals surface area contributed by atoms with E-state index in [0.29, 0.717) is 6.54 Å². The van der Waals surface area contributed by atoms with Gasteiger partial charge in [-0.15, -0.1) is 0 Å². The van der Waals surface area contributed by atoms with E-state index in [2.05, 4.69) is 33.0 Å². The van der Waals surface area contributed by atoms with E-state index < -0.39 is 0 Å². The van der Waals surface area contributed by atoms with Crippen LogP contribution in [0.3, 0.4) is 0 Å². The fourth-order valence-corrected chi connectivity index (χ4v) is 2.32. The number of likely N-dealkylation sites (N-methyl/N-ethyl adjacent to an activating group) is 1. The number of hydrogen-bond donors (Lipinski definition) is 0. The van der Waals surface area contributed by atoms with Gasteiger partial charge in [0, 0.05) is 23.1 Å². The van der Waals surface area contributed by atoms with Gasteiger partial charge in [0.05, 0.1) is 0 Å². The Morgan fingerprint density at radius 2 is 1.84 bits per heavy atom. The number of hydrogen-bond acceptors (Lipinski definition) is 1. The first kappa shape index (κ1) is 14.2. The average molecular weight is 322 g/mol. The highest BCUT2D eigenvalue weighted by atomic mass is 79.9. The van der Waals surface area contributed by atoms with E-state index >= 15 is 0 Å². The van der Waals surface area contributed by atoms with Crippen LogP contribution in [0.15, 0.2) is 53.0 Å². The van der Waals surface area contributed by atoms with E-state index in [1.165, 1.54) is 11.6 Å². The lowest BCUT2D eigenvalue weighted by atomic mass is 10.1. The smallest absolute Gasteiger partial charge is 0.128 e. The van der Waals surface area contributed by atoms with E-state index in [0.717, 1.165) is 23.0 Å². The number of rotatable bonds is 5. The molecule has 100 valence electrons. The molecule has 3 heteroatoms. The predicted molar refractivity (Wildman–Crippen MR) is 80.6 cm³/mol. The van der Waals surface area contributed by atoms with Gasteiger partial charge >= 0.3 is 0 Å². The van der Waals surface area contributed by atoms with Crippen LogP contribution in [0.25, 0.3) is 0 Å². The minimum Gasteiger partial charge on any atom is -0.302 e. The van der Waals surface area contributed by atoms with Crippen molar-refractivity contribution >= 4 is 15.9 Å². The Balaban J connectivity index is 1.89. The van der Waals surface area contributed by atoms with Gasteiger partial charge in [-0.1, -0.05) is 52.3 Å². The van der Waals surface area contributed by atoms with Crippen molar-refractivity contribution in [1.29, 1.82) is 0 Å². The average Bonchev–Trinajstić information content (AvgIpc) is 2.41. The first-order chi connectivity index (χ1) is 9.15. The van der Waals surface area contributed by atoms with Crippen LogP contribution in [0, 0.1) is 5.82 Å². The van der Waals surface area contributed by atoms with Gasteiger partial charge in [-0.05, 0) is 31.2 Å². The van der Waals surface area contributed by atoms with E-state index in [9.17, 15) is 4.39 Å². The zero-order chi connectivity index (χ0) is 13.7. The molecule has 0 unspecified atom stereocenters. The number of halogens is 2. The molecule has 0 aliphatic carbocycles. The van der Waals surface area contributed by atoms with Crippen LogP contribution in [0.1, 0.15) is 11.1 Å². The lowest BCUT2D eigenvalue weighted by Crippen LogP contribution is -2.21. The van der Waals surface area contributed by atoms with Crippen LogP contribution in [-0.4, -0.2) is 18.5 Å². The van der Waals surface area contributed by atoms with Crippen molar-refractivity contribution in [3.05, 3.63) is 69.9 Å². The molecule has 0 radical (unpaired) electrons. The van der Waals surface area contributed by atoms with Crippen molar-refractivity contribution in [3.8, 4) is 0 Å². The molecule has 0 aromatic heterocycles. The molecule has 0 aliphatic rings. The summed E-state index contributed by atoms with van der Waals surface area (Å²) in [4.78, 5) is 2.14. The molecule has 0 spiro atoms. The second-order valence-corrected chi connectivity index (χ2v) is 5.62. The van der Waals surface area contributed by atoms with Crippen LogP contribution in [0.4, 0.5) is 4.39 Å². The highest BCUT2D eigenvalue weighted by molar-refractivity contribution is 9.10. The van der Waals surface area contributed by atoms with Crippen LogP contribution in [-0.2, 0) is 13.0 Å². The Bertz CT molecular complexity index is 528. The zero-order valence-electron chi connectivity index (χ0n) is 10.9. The monoisotopic (exact) mass is 321 g/mol. The van der Waals surface area contributed by atoms with Gasteiger partial charge in [0.2, 0.25) is 0 Å². The fourth-order valence-electron chi connectivity index (χ4n) is 1.98. The number of benzene rings is 2. The van der Waals surface area contributed by atoms with Crippen molar-refractivity contribution < 1.29 is 4.39 Å². The van der Waals surface area contributed by atoms with Crippen molar-refractivity contribution in [2.45, 2.75) is 13.0 Å². The van der Waals surface area contributed by atoms with Crippen molar-refractivity contribution in [3.63, 3.8) is 0 Å². The zero-order valence-corrected chi connectivity index (χ0v) is 12.5. The molecular weight excluding hydrogens is 305 g/mol. The summed E-state index contributed by atoms with van der Waals surface area (Å²) in [5.74, 6) is -0.152. The number of nitrogens with zero attached hydrogens (tertiary/aromatic N) is 1. The minimum atomic E-state index is -0.152. The maximum absolute atomic E-state index is 13.7. The molecule has 2 aromatic carbocycles. The van der Waals surface area contributed by atoms with Gasteiger partial charge in [-0.25, -0.2) is 4.39 Å². The standard InChI is InChI=1S/C16H17BrFN/c1-19(10-9-13-5-3-2-4-6-13)12-14-7-8-15(17)11-16(14)18/h2-8,11H,9-10,12H2,1H3. The van der Waals surface area contributed by atoms with E-state index in [1.54, 1.807) is 0 Å². The van der Waals surface area contributed by atoms with E-state index in [1.807, 2.05) is 37.4 Å². The minimum absolute atomic E-state index is 0.152. The van der Waals surface area contributed by atoms with Crippen LogP contribution >= 0.6 is 15.9 Å². The molecule has 0 N–H and O–H groups in total. The summed E-state index contributed by atoms with van der Waals surface area (Å²) in [6.07, 6.45) is 0.982. The first-order valence-electron chi connectivity index (χ1n) is 6.31. The fraction of sp³-hybridized carbons (Fsp3) is 0.250. The van der Waals surface area contributed by atoms with Gasteiger partial charge in [-0.3, -0.25) is 0 Å². The second-order valence-electron chi connectivity index (χ2n) is 4.71. The lowest BCUT2D eigenvalue weighted by molar-refractivity contribution is 0.325. The lowest BCUT2D eigenvalue weighted by Gasteiger charge is -2.17. The topological polar surface area (TPSA) is 3.24 Å². The van der Waals surface area contributed by atoms with Gasteiger partial charge in [0.25, 0.3) is 0 Å². The Morgan fingerprint density at radius 1 is 1.11 bits per heavy atom. The third-order valence-corrected chi connectivity index (χ3v) is 3.57. The summed E-state index contributed by atoms with van der Waals surface area (Å²) in [5.41, 5.74) is 2.05. The van der Waals surface area contributed by atoms with E-state index in [4.69, 9.17) is 0 Å². The molecule has 0 heterocycles. The molecule has 0 atom stereocenters. The third-order valence-electron chi connectivity index (χ3n) is 3.08. The Morgan fingerprint density at radius 3 is 2.53 bits per heavy atom. The molecule has 2 rings (SSSR count). The van der Waals surface area contributed by atoms with Crippen molar-refractivity contribution in [1.82, 2.24) is 4.90 Å². The summed E-state index contributed by atoms with van der Waals surface area (Å²) in [6.45, 7) is 1.55. The Hall–Kier alpha value is -1.19. The molecule has 19 heavy (non-hydrogen) atoms. The van der Waals surface area contributed by atoms with Gasteiger partial charge in [-0.2, -0.15) is 0 Å². The van der Waals surface area contributed by atoms with Crippen LogP contribution < -0.4 is 0 Å². The van der Waals surface area contributed by atoms with Crippen LogP contribution in [0.5, 0.6) is 0 Å². The summed E-state index contributed by atoms with van der Waals surface area (Å²) in [5, 5.41) is 0. The van der Waals surface area contributed by atoms with Gasteiger partial charge in [0.15, 0.2) is 0 Å². The first-order valence-corrected chi connectivity index (χ1v) is 7.11. The molecule has 0 fully saturated rings. The molecule has 0 saturated heterocycles. The highest BCUT2D eigenvalue weighted by Gasteiger charge is 2.06. The molecular formula is C16H17BrFN. The normalized spacial score (nSPS) is 10.9. The maximum Gasteiger partial charge on any atom is 0.128 e. The highest BCUT2D eigenvalue weighted by Crippen LogP contribution is 2.16. The van der Waals surface area contributed by atoms with Gasteiger partial charge < -0.3 is 4.90 Å². The predicted octanol–water partition coefficient (Wildman–Crippen LogP) is 4.26. The van der Waals surface area contributed by atoms with Crippen molar-refractivity contribution in [2.24, 2.45) is 0 Å². The maximum atomic E-state index is 13.7. The quantitative estimate of drug-likeness (QED) is 0.795. The summed E-state index contributed by atoms with van der Waals surface area (Å²) < 4.78 is 14.5. The molecule has 1 nitrogen and oxygen atoms in total. The molecule has 0 bridgehead atoms. The SMILES string of the molecule is CN(CCc1ccccc1)Cc1ccc(Br)cc1F. The van der Waals surface area contributed by atoms with Gasteiger partial charge in [0.1, 0.15) is 5.82 Å². The third kappa shape index (κ3) is 4.44. The molecule has 0 aliphatic heterocycles. The van der Waals surface area contributed by atoms with E-state index in [-0.39, 0.29) is 5.82 Å². The summed E-state index contributed by atoms with van der Waals surface area (Å²) >= 11 is 3.27. The largest absolute Gasteiger partial charge is 0.302 e.